The van der Waals surface area contributed by atoms with Gasteiger partial charge in [0.25, 0.3) is 6.43 Å². The number of alkyl halides is 2. The minimum absolute atomic E-state index is 0.000147. The van der Waals surface area contributed by atoms with E-state index < -0.39 is 17.8 Å². The molecule has 7 nitrogen and oxygen atoms in total. The number of aromatic nitrogens is 2. The van der Waals surface area contributed by atoms with Gasteiger partial charge in [-0.3, -0.25) is 4.79 Å². The van der Waals surface area contributed by atoms with Crippen LogP contribution in [0.15, 0.2) is 24.3 Å². The Morgan fingerprint density at radius 1 is 1.25 bits per heavy atom. The van der Waals surface area contributed by atoms with Gasteiger partial charge in [0, 0.05) is 48.5 Å². The van der Waals surface area contributed by atoms with Gasteiger partial charge in [-0.2, -0.15) is 0 Å². The highest BCUT2D eigenvalue weighted by Crippen LogP contribution is 2.44. The van der Waals surface area contributed by atoms with Crippen molar-refractivity contribution in [3.8, 4) is 5.75 Å². The summed E-state index contributed by atoms with van der Waals surface area (Å²) in [5.41, 5.74) is 2.19. The molecule has 2 fully saturated rings. The summed E-state index contributed by atoms with van der Waals surface area (Å²) in [5.74, 6) is 1.25. The van der Waals surface area contributed by atoms with Crippen molar-refractivity contribution in [2.45, 2.75) is 45.2 Å². The Morgan fingerprint density at radius 3 is 2.81 bits per heavy atom. The molecule has 6 rings (SSSR count). The minimum atomic E-state index is -2.88. The second kappa shape index (κ2) is 8.83. The maximum Gasteiger partial charge on any atom is 0.266 e. The molecule has 2 N–H and O–H groups in total. The molecule has 1 aromatic heterocycles. The molecule has 1 aliphatic carbocycles. The van der Waals surface area contributed by atoms with Crippen LogP contribution in [0.1, 0.15) is 41.8 Å². The number of rotatable bonds is 7. The fourth-order valence-corrected chi connectivity index (χ4v) is 4.94. The van der Waals surface area contributed by atoms with Gasteiger partial charge in [0.2, 0.25) is 5.91 Å². The number of carbonyl (C=O) groups is 1. The number of benzene rings is 2. The second-order valence-corrected chi connectivity index (χ2v) is 9.68. The molecule has 2 aliphatic heterocycles. The van der Waals surface area contributed by atoms with Crippen LogP contribution in [0.4, 0.5) is 24.7 Å². The van der Waals surface area contributed by atoms with Crippen LogP contribution in [0.5, 0.6) is 5.75 Å². The molecule has 0 spiro atoms. The van der Waals surface area contributed by atoms with Gasteiger partial charge >= 0.3 is 0 Å². The van der Waals surface area contributed by atoms with Gasteiger partial charge in [0.15, 0.2) is 0 Å². The lowest BCUT2D eigenvalue weighted by molar-refractivity contribution is -0.123. The van der Waals surface area contributed by atoms with Crippen molar-refractivity contribution in [3.63, 3.8) is 0 Å². The molecule has 3 aliphatic rings. The van der Waals surface area contributed by atoms with E-state index in [4.69, 9.17) is 4.74 Å². The molecule has 188 valence electrons. The normalized spacial score (nSPS) is 17.2. The van der Waals surface area contributed by atoms with Gasteiger partial charge in [0.05, 0.1) is 29.4 Å². The predicted molar refractivity (Wildman–Crippen MR) is 129 cm³/mol. The van der Waals surface area contributed by atoms with Crippen molar-refractivity contribution >= 4 is 28.3 Å². The molecule has 0 radical (unpaired) electrons. The molecule has 0 atom stereocenters. The van der Waals surface area contributed by atoms with Crippen LogP contribution in [0.25, 0.3) is 10.9 Å². The third-order valence-electron chi connectivity index (χ3n) is 7.04. The zero-order valence-electron chi connectivity index (χ0n) is 19.8. The van der Waals surface area contributed by atoms with Gasteiger partial charge in [0.1, 0.15) is 23.2 Å². The fraction of sp³-hybridized carbons (Fsp3) is 0.423. The summed E-state index contributed by atoms with van der Waals surface area (Å²) in [4.78, 5) is 23.5. The summed E-state index contributed by atoms with van der Waals surface area (Å²) in [7, 11) is 0. The van der Waals surface area contributed by atoms with E-state index in [0.29, 0.717) is 37.8 Å². The van der Waals surface area contributed by atoms with E-state index in [1.807, 2.05) is 6.07 Å². The number of halogens is 3. The van der Waals surface area contributed by atoms with Crippen molar-refractivity contribution in [2.24, 2.45) is 5.92 Å². The summed E-state index contributed by atoms with van der Waals surface area (Å²) >= 11 is 0. The molecule has 36 heavy (non-hydrogen) atoms. The molecule has 0 unspecified atom stereocenters. The van der Waals surface area contributed by atoms with Crippen LogP contribution in [-0.2, 0) is 17.8 Å². The zero-order chi connectivity index (χ0) is 25.0. The molecule has 0 bridgehead atoms. The van der Waals surface area contributed by atoms with Crippen molar-refractivity contribution in [1.29, 1.82) is 0 Å². The Labute approximate surface area is 206 Å². The first kappa shape index (κ1) is 22.9. The molecule has 1 saturated carbocycles. The monoisotopic (exact) mass is 497 g/mol. The highest BCUT2D eigenvalue weighted by Gasteiger charge is 2.37. The second-order valence-electron chi connectivity index (χ2n) is 9.68. The van der Waals surface area contributed by atoms with Crippen molar-refractivity contribution in [1.82, 2.24) is 15.3 Å². The van der Waals surface area contributed by atoms with Crippen molar-refractivity contribution in [3.05, 3.63) is 52.6 Å². The Bertz CT molecular complexity index is 1360. The lowest BCUT2D eigenvalue weighted by Crippen LogP contribution is -2.59. The topological polar surface area (TPSA) is 79.4 Å². The minimum Gasteiger partial charge on any atom is -0.491 e. The number of hydrogen-bond acceptors (Lipinski definition) is 6. The van der Waals surface area contributed by atoms with E-state index in [-0.39, 0.29) is 30.0 Å². The zero-order valence-corrected chi connectivity index (χ0v) is 19.8. The van der Waals surface area contributed by atoms with Crippen LogP contribution in [0.3, 0.4) is 0 Å². The number of carbonyl (C=O) groups excluding carboxylic acids is 1. The quantitative estimate of drug-likeness (QED) is 0.508. The Morgan fingerprint density at radius 2 is 2.06 bits per heavy atom. The Kier molecular flexibility index (Phi) is 5.61. The Hall–Kier alpha value is -3.56. The van der Waals surface area contributed by atoms with E-state index >= 15 is 0 Å². The van der Waals surface area contributed by atoms with Gasteiger partial charge in [-0.25, -0.2) is 23.1 Å². The first-order chi connectivity index (χ1) is 17.4. The van der Waals surface area contributed by atoms with Crippen LogP contribution in [0.2, 0.25) is 0 Å². The first-order valence-electron chi connectivity index (χ1n) is 12.2. The summed E-state index contributed by atoms with van der Waals surface area (Å²) in [6.07, 6.45) is -0.234. The molecule has 2 aromatic carbocycles. The largest absolute Gasteiger partial charge is 0.491 e. The number of amides is 1. The van der Waals surface area contributed by atoms with E-state index in [0.717, 1.165) is 46.8 Å². The standard InChI is InChI=1S/C26H26F3N5O2/c1-13-31-22-18-7-8-36-23(18)20(34-11-16(12-34)33-26(35)14-5-6-14)9-19(22)25(32-13)30-10-15-3-2-4-17(21(15)27)24(28)29/h2-4,9,14,16,24H,5-8,10-12H2,1H3,(H,33,35)(H,30,31,32). The molecular formula is C26H26F3N5O2. The maximum atomic E-state index is 14.6. The highest BCUT2D eigenvalue weighted by molar-refractivity contribution is 5.97. The molecule has 1 amide bonds. The molecule has 3 heterocycles. The van der Waals surface area contributed by atoms with Gasteiger partial charge in [-0.15, -0.1) is 0 Å². The summed E-state index contributed by atoms with van der Waals surface area (Å²) in [6, 6.07) is 6.07. The average molecular weight is 498 g/mol. The van der Waals surface area contributed by atoms with Gasteiger partial charge in [-0.1, -0.05) is 18.2 Å². The maximum absolute atomic E-state index is 14.6. The van der Waals surface area contributed by atoms with Crippen LogP contribution >= 0.6 is 0 Å². The number of ether oxygens (including phenoxy) is 1. The lowest BCUT2D eigenvalue weighted by Gasteiger charge is -2.42. The number of nitrogens with zero attached hydrogens (tertiary/aromatic N) is 3. The number of fused-ring (bicyclic) bond motifs is 3. The fourth-order valence-electron chi connectivity index (χ4n) is 4.94. The first-order valence-corrected chi connectivity index (χ1v) is 12.2. The van der Waals surface area contributed by atoms with E-state index in [1.54, 1.807) is 6.92 Å². The summed E-state index contributed by atoms with van der Waals surface area (Å²) in [5, 5.41) is 7.02. The number of hydrogen-bond donors (Lipinski definition) is 2. The van der Waals surface area contributed by atoms with E-state index in [1.165, 1.54) is 12.1 Å². The van der Waals surface area contributed by atoms with Gasteiger partial charge < -0.3 is 20.3 Å². The van der Waals surface area contributed by atoms with Crippen molar-refractivity contribution < 1.29 is 22.7 Å². The SMILES string of the molecule is Cc1nc(NCc2cccc(C(F)F)c2F)c2cc(N3CC(NC(=O)C4CC4)C3)c3c(c2n1)CCO3. The Balaban J connectivity index is 1.30. The number of anilines is 2. The number of nitrogens with one attached hydrogen (secondary N) is 2. The summed E-state index contributed by atoms with van der Waals surface area (Å²) in [6.45, 7) is 3.69. The number of aryl methyl sites for hydroxylation is 1. The lowest BCUT2D eigenvalue weighted by atomic mass is 10.0. The van der Waals surface area contributed by atoms with Crippen LogP contribution < -0.4 is 20.3 Å². The van der Waals surface area contributed by atoms with Crippen molar-refractivity contribution in [2.75, 3.05) is 29.9 Å². The van der Waals surface area contributed by atoms with E-state index in [2.05, 4.69) is 25.5 Å². The molecule has 3 aromatic rings. The molecule has 10 heteroatoms. The van der Waals surface area contributed by atoms with E-state index in [9.17, 15) is 18.0 Å². The molecular weight excluding hydrogens is 471 g/mol. The molecule has 1 saturated heterocycles. The van der Waals surface area contributed by atoms with Crippen LogP contribution in [-0.4, -0.2) is 41.6 Å². The smallest absolute Gasteiger partial charge is 0.266 e. The average Bonchev–Trinajstić information content (AvgIpc) is 3.56. The predicted octanol–water partition coefficient (Wildman–Crippen LogP) is 4.28. The third-order valence-corrected chi connectivity index (χ3v) is 7.04. The third kappa shape index (κ3) is 4.08. The van der Waals surface area contributed by atoms with Gasteiger partial charge in [-0.05, 0) is 25.8 Å². The van der Waals surface area contributed by atoms with Crippen LogP contribution in [0, 0.1) is 18.7 Å². The highest BCUT2D eigenvalue weighted by atomic mass is 19.3. The summed E-state index contributed by atoms with van der Waals surface area (Å²) < 4.78 is 46.9.